The number of hydrazine groups is 1. The van der Waals surface area contributed by atoms with Crippen molar-refractivity contribution in [2.45, 2.75) is 43.8 Å². The van der Waals surface area contributed by atoms with E-state index in [0.717, 1.165) is 32.1 Å². The number of carbonyl (C=O) groups excluding carboxylic acids is 2. The highest BCUT2D eigenvalue weighted by atomic mass is 127. The van der Waals surface area contributed by atoms with Crippen LogP contribution in [0.5, 0.6) is 0 Å². The molecule has 3 N–H and O–H groups in total. The quantitative estimate of drug-likeness (QED) is 0.252. The van der Waals surface area contributed by atoms with Crippen LogP contribution in [-0.2, 0) is 9.47 Å². The molecule has 2 atom stereocenters. The van der Waals surface area contributed by atoms with Crippen molar-refractivity contribution in [1.82, 2.24) is 5.43 Å². The third-order valence-electron chi connectivity index (χ3n) is 4.79. The number of nitrogens with two attached hydrogens (primary N) is 1. The minimum absolute atomic E-state index is 0.00128. The molecule has 4 aliphatic carbocycles. The molecule has 0 radical (unpaired) electrons. The molecule has 4 aliphatic rings. The summed E-state index contributed by atoms with van der Waals surface area (Å²) in [4.78, 5) is 22.6. The molecule has 0 saturated heterocycles. The fourth-order valence-corrected chi connectivity index (χ4v) is 4.85. The second-order valence-electron chi connectivity index (χ2n) is 6.01. The summed E-state index contributed by atoms with van der Waals surface area (Å²) < 4.78 is 10.8. The van der Waals surface area contributed by atoms with Crippen LogP contribution in [0.3, 0.4) is 0 Å². The van der Waals surface area contributed by atoms with Crippen molar-refractivity contribution in [1.29, 1.82) is 0 Å². The Bertz CT molecular complexity index is 401. The molecule has 2 unspecified atom stereocenters. The summed E-state index contributed by atoms with van der Waals surface area (Å²) in [6.07, 6.45) is 4.05. The van der Waals surface area contributed by atoms with Gasteiger partial charge in [-0.2, -0.15) is 0 Å². The third-order valence-corrected chi connectivity index (χ3v) is 5.04. The van der Waals surface area contributed by atoms with Crippen molar-refractivity contribution in [2.75, 3.05) is 0 Å². The van der Waals surface area contributed by atoms with Gasteiger partial charge in [0.05, 0.1) is 22.6 Å². The lowest BCUT2D eigenvalue weighted by Crippen LogP contribution is -2.60. The van der Waals surface area contributed by atoms with E-state index < -0.39 is 11.7 Å². The lowest BCUT2D eigenvalue weighted by Gasteiger charge is -2.58. The summed E-state index contributed by atoms with van der Waals surface area (Å²) in [5.41, 5.74) is 1.64. The van der Waals surface area contributed by atoms with Crippen LogP contribution in [0, 0.1) is 17.8 Å². The SMILES string of the molecule is NNC(=O)OC12CC3CC(C1)C(OC(=O)I)C(C3)C2. The Morgan fingerprint density at radius 1 is 1.21 bits per heavy atom. The van der Waals surface area contributed by atoms with E-state index in [-0.39, 0.29) is 10.1 Å². The number of ether oxygens (including phenoxy) is 2. The number of halogens is 1. The summed E-state index contributed by atoms with van der Waals surface area (Å²) in [6.45, 7) is 0. The molecule has 4 fully saturated rings. The van der Waals surface area contributed by atoms with Gasteiger partial charge in [-0.05, 0) is 38.0 Å². The van der Waals surface area contributed by atoms with Gasteiger partial charge in [-0.1, -0.05) is 0 Å². The molecule has 4 rings (SSSR count). The lowest BCUT2D eigenvalue weighted by molar-refractivity contribution is -0.173. The average molecular weight is 380 g/mol. The largest absolute Gasteiger partial charge is 0.454 e. The molecule has 7 heteroatoms. The minimum Gasteiger partial charge on any atom is -0.454 e. The van der Waals surface area contributed by atoms with Crippen molar-refractivity contribution in [3.63, 3.8) is 0 Å². The number of rotatable bonds is 2. The Labute approximate surface area is 124 Å². The summed E-state index contributed by atoms with van der Waals surface area (Å²) in [5.74, 6) is 6.31. The fraction of sp³-hybridized carbons (Fsp3) is 0.833. The van der Waals surface area contributed by atoms with Gasteiger partial charge in [0.1, 0.15) is 11.7 Å². The number of hydrogen-bond acceptors (Lipinski definition) is 5. The molecule has 0 spiro atoms. The van der Waals surface area contributed by atoms with Crippen LogP contribution in [0.4, 0.5) is 9.59 Å². The Kier molecular flexibility index (Phi) is 3.36. The zero-order valence-corrected chi connectivity index (χ0v) is 12.6. The number of amides is 1. The third kappa shape index (κ3) is 2.42. The van der Waals surface area contributed by atoms with E-state index in [1.54, 1.807) is 22.6 Å². The molecule has 0 aromatic heterocycles. The van der Waals surface area contributed by atoms with Gasteiger partial charge in [0, 0.05) is 11.8 Å². The molecular weight excluding hydrogens is 363 g/mol. The second kappa shape index (κ2) is 4.76. The van der Waals surface area contributed by atoms with Gasteiger partial charge in [0.25, 0.3) is 0 Å². The summed E-state index contributed by atoms with van der Waals surface area (Å²) in [5, 5.41) is 0. The Morgan fingerprint density at radius 3 is 2.37 bits per heavy atom. The van der Waals surface area contributed by atoms with E-state index in [1.165, 1.54) is 0 Å². The molecule has 6 nitrogen and oxygen atoms in total. The van der Waals surface area contributed by atoms with Crippen LogP contribution in [0.1, 0.15) is 32.1 Å². The van der Waals surface area contributed by atoms with Crippen molar-refractivity contribution >= 4 is 32.7 Å². The molecular formula is C12H17IN2O4. The zero-order chi connectivity index (χ0) is 13.6. The minimum atomic E-state index is -0.565. The van der Waals surface area contributed by atoms with E-state index in [1.807, 2.05) is 5.43 Å². The second-order valence-corrected chi connectivity index (χ2v) is 6.89. The zero-order valence-electron chi connectivity index (χ0n) is 10.4. The molecule has 0 aromatic rings. The van der Waals surface area contributed by atoms with Gasteiger partial charge in [-0.15, -0.1) is 0 Å². The summed E-state index contributed by atoms with van der Waals surface area (Å²) in [6, 6.07) is 0. The molecule has 19 heavy (non-hydrogen) atoms. The van der Waals surface area contributed by atoms with Gasteiger partial charge in [0.15, 0.2) is 0 Å². The molecule has 0 aromatic carbocycles. The highest BCUT2D eigenvalue weighted by Crippen LogP contribution is 2.58. The van der Waals surface area contributed by atoms with Gasteiger partial charge in [0.2, 0.25) is 0 Å². The Morgan fingerprint density at radius 2 is 1.84 bits per heavy atom. The number of carbonyl (C=O) groups is 2. The van der Waals surface area contributed by atoms with Crippen LogP contribution < -0.4 is 11.3 Å². The first-order valence-corrected chi connectivity index (χ1v) is 7.65. The van der Waals surface area contributed by atoms with E-state index in [4.69, 9.17) is 15.3 Å². The first-order valence-electron chi connectivity index (χ1n) is 6.57. The first-order chi connectivity index (χ1) is 9.01. The van der Waals surface area contributed by atoms with Crippen LogP contribution in [0.2, 0.25) is 0 Å². The molecule has 4 saturated carbocycles. The molecule has 0 heterocycles. The topological polar surface area (TPSA) is 90.7 Å². The van der Waals surface area contributed by atoms with E-state index in [0.29, 0.717) is 17.8 Å². The van der Waals surface area contributed by atoms with Crippen molar-refractivity contribution in [3.05, 3.63) is 0 Å². The van der Waals surface area contributed by atoms with Crippen molar-refractivity contribution in [2.24, 2.45) is 23.6 Å². The van der Waals surface area contributed by atoms with E-state index in [9.17, 15) is 9.59 Å². The molecule has 106 valence electrons. The summed E-state index contributed by atoms with van der Waals surface area (Å²) in [7, 11) is 0. The Balaban J connectivity index is 1.76. The Hall–Kier alpha value is -0.570. The predicted octanol–water partition coefficient (Wildman–Crippen LogP) is 2.11. The number of nitrogens with one attached hydrogen (secondary N) is 1. The van der Waals surface area contributed by atoms with Crippen molar-refractivity contribution < 1.29 is 19.1 Å². The molecule has 4 bridgehead atoms. The maximum atomic E-state index is 11.4. The monoisotopic (exact) mass is 380 g/mol. The number of hydrogen-bond donors (Lipinski definition) is 2. The van der Waals surface area contributed by atoms with Gasteiger partial charge < -0.3 is 9.47 Å². The normalized spacial score (nSPS) is 42.8. The smallest absolute Gasteiger partial charge is 0.421 e. The maximum Gasteiger partial charge on any atom is 0.421 e. The van der Waals surface area contributed by atoms with Crippen LogP contribution in [-0.4, -0.2) is 21.8 Å². The van der Waals surface area contributed by atoms with Gasteiger partial charge in [-0.25, -0.2) is 15.4 Å². The van der Waals surface area contributed by atoms with Crippen LogP contribution >= 0.6 is 22.6 Å². The van der Waals surface area contributed by atoms with Gasteiger partial charge >= 0.3 is 10.1 Å². The van der Waals surface area contributed by atoms with Gasteiger partial charge in [-0.3, -0.25) is 5.43 Å². The highest BCUT2D eigenvalue weighted by molar-refractivity contribution is 14.1. The van der Waals surface area contributed by atoms with Crippen LogP contribution in [0.15, 0.2) is 0 Å². The van der Waals surface area contributed by atoms with E-state index in [2.05, 4.69) is 0 Å². The highest BCUT2D eigenvalue weighted by Gasteiger charge is 2.58. The first kappa shape index (κ1) is 13.4. The fourth-order valence-electron chi connectivity index (χ4n) is 4.55. The van der Waals surface area contributed by atoms with Crippen LogP contribution in [0.25, 0.3) is 0 Å². The average Bonchev–Trinajstić information content (AvgIpc) is 2.32. The van der Waals surface area contributed by atoms with Crippen molar-refractivity contribution in [3.8, 4) is 0 Å². The standard InChI is InChI=1S/C12H17IN2O4/c13-10(16)18-9-7-1-6-2-8(9)5-12(3-6,4-7)19-11(17)15-14/h6-9H,1-5,14H2,(H,15,17). The van der Waals surface area contributed by atoms with E-state index >= 15 is 0 Å². The maximum absolute atomic E-state index is 11.4. The lowest BCUT2D eigenvalue weighted by atomic mass is 9.53. The molecule has 1 amide bonds. The summed E-state index contributed by atoms with van der Waals surface area (Å²) >= 11 is 1.68. The predicted molar refractivity (Wildman–Crippen MR) is 74.4 cm³/mol. The molecule has 0 aliphatic heterocycles.